The molecule has 0 saturated carbocycles. The Kier molecular flexibility index (Phi) is 4.00. The predicted molar refractivity (Wildman–Crippen MR) is 75.2 cm³/mol. The number of halogens is 1. The van der Waals surface area contributed by atoms with E-state index in [0.717, 1.165) is 0 Å². The minimum Gasteiger partial charge on any atom is -0.400 e. The highest BCUT2D eigenvalue weighted by Crippen LogP contribution is 2.37. The maximum absolute atomic E-state index is 13.6. The number of rotatable bonds is 3. The summed E-state index contributed by atoms with van der Waals surface area (Å²) in [7, 11) is -0.530. The van der Waals surface area contributed by atoms with E-state index < -0.39 is 24.3 Å². The van der Waals surface area contributed by atoms with Crippen molar-refractivity contribution in [1.82, 2.24) is 4.98 Å². The van der Waals surface area contributed by atoms with Gasteiger partial charge in [-0.1, -0.05) is 12.1 Å². The Hall–Kier alpha value is -1.24. The van der Waals surface area contributed by atoms with Crippen molar-refractivity contribution in [2.45, 2.75) is 45.5 Å². The van der Waals surface area contributed by atoms with Crippen LogP contribution in [-0.4, -0.2) is 28.4 Å². The fourth-order valence-electron chi connectivity index (χ4n) is 1.86. The lowest BCUT2D eigenvalue weighted by Gasteiger charge is -2.32. The first-order chi connectivity index (χ1) is 9.25. The van der Waals surface area contributed by atoms with Crippen LogP contribution in [0.25, 0.3) is 6.08 Å². The molecular formula is C14H19BFNO3. The smallest absolute Gasteiger partial charge is 0.400 e. The molecule has 2 heterocycles. The number of aliphatic hydroxyl groups is 1. The van der Waals surface area contributed by atoms with E-state index in [2.05, 4.69) is 4.98 Å². The van der Waals surface area contributed by atoms with Crippen molar-refractivity contribution in [2.75, 3.05) is 0 Å². The van der Waals surface area contributed by atoms with Crippen molar-refractivity contribution in [3.8, 4) is 0 Å². The van der Waals surface area contributed by atoms with Gasteiger partial charge in [0.1, 0.15) is 0 Å². The topological polar surface area (TPSA) is 51.6 Å². The molecule has 0 atom stereocenters. The summed E-state index contributed by atoms with van der Waals surface area (Å²) in [4.78, 5) is 3.59. The van der Waals surface area contributed by atoms with Crippen molar-refractivity contribution < 1.29 is 18.8 Å². The fourth-order valence-corrected chi connectivity index (χ4v) is 1.86. The normalized spacial score (nSPS) is 20.8. The van der Waals surface area contributed by atoms with Crippen LogP contribution in [0.3, 0.4) is 0 Å². The molecular weight excluding hydrogens is 260 g/mol. The molecule has 1 aromatic rings. The molecule has 1 aliphatic rings. The monoisotopic (exact) mass is 279 g/mol. The van der Waals surface area contributed by atoms with Gasteiger partial charge in [0.25, 0.3) is 0 Å². The van der Waals surface area contributed by atoms with E-state index in [4.69, 9.17) is 14.4 Å². The van der Waals surface area contributed by atoms with Crippen LogP contribution in [0.2, 0.25) is 0 Å². The van der Waals surface area contributed by atoms with Gasteiger partial charge in [0.2, 0.25) is 5.95 Å². The van der Waals surface area contributed by atoms with E-state index in [1.165, 1.54) is 6.20 Å². The average molecular weight is 279 g/mol. The molecule has 0 aliphatic carbocycles. The number of nitrogens with zero attached hydrogens (tertiary/aromatic N) is 1. The number of aliphatic hydroxyl groups excluding tert-OH is 1. The maximum atomic E-state index is 13.6. The number of aromatic nitrogens is 1. The molecule has 0 aromatic carbocycles. The maximum Gasteiger partial charge on any atom is 0.487 e. The average Bonchev–Trinajstić information content (AvgIpc) is 2.57. The lowest BCUT2D eigenvalue weighted by atomic mass is 9.89. The van der Waals surface area contributed by atoms with Crippen molar-refractivity contribution in [2.24, 2.45) is 0 Å². The van der Waals surface area contributed by atoms with Crippen molar-refractivity contribution >= 4 is 13.2 Å². The second-order valence-electron chi connectivity index (χ2n) is 5.87. The second-order valence-corrected chi connectivity index (χ2v) is 5.87. The third kappa shape index (κ3) is 2.92. The largest absolute Gasteiger partial charge is 0.487 e. The third-order valence-electron chi connectivity index (χ3n) is 3.81. The van der Waals surface area contributed by atoms with Gasteiger partial charge in [-0.25, -0.2) is 4.98 Å². The lowest BCUT2D eigenvalue weighted by Crippen LogP contribution is -2.41. The lowest BCUT2D eigenvalue weighted by molar-refractivity contribution is 0.00578. The predicted octanol–water partition coefficient (Wildman–Crippen LogP) is 2.36. The summed E-state index contributed by atoms with van der Waals surface area (Å²) in [6.45, 7) is 7.64. The third-order valence-corrected chi connectivity index (χ3v) is 3.81. The number of pyridine rings is 1. The summed E-state index contributed by atoms with van der Waals surface area (Å²) in [5, 5.41) is 9.03. The summed E-state index contributed by atoms with van der Waals surface area (Å²) >= 11 is 0. The molecule has 0 radical (unpaired) electrons. The van der Waals surface area contributed by atoms with Crippen LogP contribution >= 0.6 is 0 Å². The zero-order valence-electron chi connectivity index (χ0n) is 12.2. The summed E-state index contributed by atoms with van der Waals surface area (Å²) in [6, 6.07) is 1.55. The van der Waals surface area contributed by atoms with Crippen LogP contribution in [0.4, 0.5) is 4.39 Å². The molecule has 1 aromatic heterocycles. The summed E-state index contributed by atoms with van der Waals surface area (Å²) < 4.78 is 25.1. The Morgan fingerprint density at radius 3 is 2.45 bits per heavy atom. The number of hydrogen-bond acceptors (Lipinski definition) is 4. The van der Waals surface area contributed by atoms with Gasteiger partial charge in [0.05, 0.1) is 17.8 Å². The van der Waals surface area contributed by atoms with Crippen LogP contribution in [0.5, 0.6) is 0 Å². The second kappa shape index (κ2) is 5.28. The SMILES string of the molecule is CC1(C)OB(/C=C/c2cc(CO)cnc2F)OC1(C)C. The standard InChI is InChI=1S/C14H19BFNO3/c1-13(2)14(3,4)20-15(19-13)6-5-11-7-10(9-18)8-17-12(11)16/h5-8,18H,9H2,1-4H3/b6-5+. The highest BCUT2D eigenvalue weighted by atomic mass is 19.1. The Balaban J connectivity index is 2.15. The number of hydrogen-bond donors (Lipinski definition) is 1. The van der Waals surface area contributed by atoms with E-state index in [1.807, 2.05) is 27.7 Å². The van der Waals surface area contributed by atoms with Crippen LogP contribution in [0.1, 0.15) is 38.8 Å². The summed E-state index contributed by atoms with van der Waals surface area (Å²) in [5.74, 6) is 1.06. The highest BCUT2D eigenvalue weighted by Gasteiger charge is 2.50. The van der Waals surface area contributed by atoms with E-state index in [9.17, 15) is 4.39 Å². The van der Waals surface area contributed by atoms with Crippen LogP contribution in [-0.2, 0) is 15.9 Å². The first-order valence-electron chi connectivity index (χ1n) is 6.54. The molecule has 2 rings (SSSR count). The molecule has 1 N–H and O–H groups in total. The molecule has 108 valence electrons. The van der Waals surface area contributed by atoms with Crippen molar-refractivity contribution in [3.63, 3.8) is 0 Å². The van der Waals surface area contributed by atoms with Crippen LogP contribution < -0.4 is 0 Å². The Bertz CT molecular complexity index is 515. The van der Waals surface area contributed by atoms with Gasteiger partial charge >= 0.3 is 7.12 Å². The van der Waals surface area contributed by atoms with Crippen molar-refractivity contribution in [3.05, 3.63) is 35.3 Å². The van der Waals surface area contributed by atoms with E-state index in [0.29, 0.717) is 11.1 Å². The molecule has 4 nitrogen and oxygen atoms in total. The highest BCUT2D eigenvalue weighted by molar-refractivity contribution is 6.52. The Labute approximate surface area is 118 Å². The molecule has 6 heteroatoms. The molecule has 0 unspecified atom stereocenters. The first-order valence-corrected chi connectivity index (χ1v) is 6.54. The quantitative estimate of drug-likeness (QED) is 0.681. The zero-order valence-corrected chi connectivity index (χ0v) is 12.2. The summed E-state index contributed by atoms with van der Waals surface area (Å²) in [5.41, 5.74) is 0.00329. The van der Waals surface area contributed by atoms with Gasteiger partial charge in [-0.3, -0.25) is 0 Å². The molecule has 1 fully saturated rings. The van der Waals surface area contributed by atoms with Crippen molar-refractivity contribution in [1.29, 1.82) is 0 Å². The first kappa shape index (κ1) is 15.2. The van der Waals surface area contributed by atoms with Gasteiger partial charge in [-0.05, 0) is 39.3 Å². The summed E-state index contributed by atoms with van der Waals surface area (Å²) in [6.07, 6.45) is 2.87. The Morgan fingerprint density at radius 1 is 1.30 bits per heavy atom. The van der Waals surface area contributed by atoms with Gasteiger partial charge in [0, 0.05) is 11.8 Å². The molecule has 0 spiro atoms. The molecule has 20 heavy (non-hydrogen) atoms. The molecule has 0 amide bonds. The minimum atomic E-state index is -0.588. The molecule has 1 saturated heterocycles. The van der Waals surface area contributed by atoms with E-state index in [1.54, 1.807) is 18.1 Å². The van der Waals surface area contributed by atoms with Gasteiger partial charge in [0.15, 0.2) is 0 Å². The Morgan fingerprint density at radius 2 is 1.90 bits per heavy atom. The van der Waals surface area contributed by atoms with E-state index >= 15 is 0 Å². The fraction of sp³-hybridized carbons (Fsp3) is 0.500. The minimum absolute atomic E-state index is 0.176. The molecule has 1 aliphatic heterocycles. The van der Waals surface area contributed by atoms with E-state index in [-0.39, 0.29) is 6.61 Å². The van der Waals surface area contributed by atoms with Gasteiger partial charge < -0.3 is 14.4 Å². The van der Waals surface area contributed by atoms with Crippen LogP contribution in [0, 0.1) is 5.95 Å². The zero-order chi connectivity index (χ0) is 15.0. The van der Waals surface area contributed by atoms with Gasteiger partial charge in [-0.15, -0.1) is 0 Å². The van der Waals surface area contributed by atoms with Gasteiger partial charge in [-0.2, -0.15) is 4.39 Å². The van der Waals surface area contributed by atoms with Crippen LogP contribution in [0.15, 0.2) is 18.2 Å². The molecule has 0 bridgehead atoms.